The Labute approximate surface area is 190 Å². The van der Waals surface area contributed by atoms with Gasteiger partial charge in [0.05, 0.1) is 0 Å². The van der Waals surface area contributed by atoms with Gasteiger partial charge in [0.1, 0.15) is 29.8 Å². The molecule has 0 N–H and O–H groups in total. The molecular weight excluding hydrogens is 400 g/mol. The zero-order valence-electron chi connectivity index (χ0n) is 18.7. The van der Waals surface area contributed by atoms with E-state index in [1.807, 2.05) is 42.5 Å². The van der Waals surface area contributed by atoms with Crippen LogP contribution in [0.2, 0.25) is 0 Å². The molecule has 1 aliphatic rings. The lowest BCUT2D eigenvalue weighted by atomic mass is 10.1. The summed E-state index contributed by atoms with van der Waals surface area (Å²) in [6, 6.07) is 26.6. The molecule has 1 fully saturated rings. The summed E-state index contributed by atoms with van der Waals surface area (Å²) in [6.45, 7) is 1.56. The number of carbonyl (C=O) groups excluding carboxylic acids is 1. The van der Waals surface area contributed by atoms with Gasteiger partial charge in [-0.15, -0.1) is 0 Å². The molecular formula is C28H30O4. The fraction of sp³-hybridized carbons (Fsp3) is 0.321. The van der Waals surface area contributed by atoms with Crippen molar-refractivity contribution in [2.45, 2.75) is 50.9 Å². The van der Waals surface area contributed by atoms with Gasteiger partial charge in [0.15, 0.2) is 5.78 Å². The molecule has 4 nitrogen and oxygen atoms in total. The lowest BCUT2D eigenvalue weighted by Crippen LogP contribution is -2.22. The molecule has 0 aromatic heterocycles. The first-order valence-corrected chi connectivity index (χ1v) is 11.2. The topological polar surface area (TPSA) is 44.8 Å². The van der Waals surface area contributed by atoms with Crippen LogP contribution in [-0.2, 0) is 16.0 Å². The van der Waals surface area contributed by atoms with Crippen LogP contribution in [0.1, 0.15) is 31.7 Å². The highest BCUT2D eigenvalue weighted by molar-refractivity contribution is 5.80. The van der Waals surface area contributed by atoms with Gasteiger partial charge >= 0.3 is 0 Å². The summed E-state index contributed by atoms with van der Waals surface area (Å²) in [6.07, 6.45) is 3.34. The van der Waals surface area contributed by atoms with E-state index in [1.54, 1.807) is 14.0 Å². The van der Waals surface area contributed by atoms with Gasteiger partial charge in [0.2, 0.25) is 0 Å². The van der Waals surface area contributed by atoms with E-state index in [4.69, 9.17) is 14.2 Å². The zero-order chi connectivity index (χ0) is 22.3. The maximum absolute atomic E-state index is 11.6. The Hall–Kier alpha value is -3.11. The molecule has 0 bridgehead atoms. The molecule has 4 heteroatoms. The van der Waals surface area contributed by atoms with Crippen LogP contribution in [0.15, 0.2) is 78.9 Å². The minimum Gasteiger partial charge on any atom is -0.490 e. The van der Waals surface area contributed by atoms with Gasteiger partial charge in [-0.2, -0.15) is 0 Å². The second kappa shape index (κ2) is 10.5. The highest BCUT2D eigenvalue weighted by Crippen LogP contribution is 2.29. The fourth-order valence-corrected chi connectivity index (χ4v) is 4.17. The van der Waals surface area contributed by atoms with E-state index in [9.17, 15) is 4.79 Å². The van der Waals surface area contributed by atoms with Crippen LogP contribution in [0.5, 0.6) is 11.5 Å². The molecule has 1 saturated carbocycles. The second-order valence-corrected chi connectivity index (χ2v) is 8.37. The van der Waals surface area contributed by atoms with E-state index in [0.717, 1.165) is 36.3 Å². The summed E-state index contributed by atoms with van der Waals surface area (Å²) in [4.78, 5) is 11.6. The van der Waals surface area contributed by atoms with Crippen LogP contribution in [0, 0.1) is 0 Å². The molecule has 32 heavy (non-hydrogen) atoms. The fourth-order valence-electron chi connectivity index (χ4n) is 4.17. The number of rotatable bonds is 9. The molecule has 3 atom stereocenters. The molecule has 0 saturated heterocycles. The van der Waals surface area contributed by atoms with Crippen molar-refractivity contribution in [2.75, 3.05) is 7.11 Å². The first-order chi connectivity index (χ1) is 15.6. The molecule has 166 valence electrons. The average molecular weight is 431 g/mol. The van der Waals surface area contributed by atoms with Crippen molar-refractivity contribution in [3.05, 3.63) is 84.4 Å². The van der Waals surface area contributed by atoms with Crippen molar-refractivity contribution < 1.29 is 19.0 Å². The number of Topliss-reactive ketones (excluding diaryl/α,β-unsaturated/α-hetero) is 1. The number of ether oxygens (including phenoxy) is 3. The summed E-state index contributed by atoms with van der Waals surface area (Å²) in [5.41, 5.74) is 3.46. The molecule has 0 radical (unpaired) electrons. The van der Waals surface area contributed by atoms with Crippen molar-refractivity contribution in [3.63, 3.8) is 0 Å². The summed E-state index contributed by atoms with van der Waals surface area (Å²) in [5, 5.41) is 0. The minimum absolute atomic E-state index is 0.0412. The van der Waals surface area contributed by atoms with E-state index >= 15 is 0 Å². The summed E-state index contributed by atoms with van der Waals surface area (Å²) < 4.78 is 17.6. The number of methoxy groups -OCH3 is 1. The Morgan fingerprint density at radius 1 is 0.812 bits per heavy atom. The van der Waals surface area contributed by atoms with Gasteiger partial charge in [0.25, 0.3) is 0 Å². The van der Waals surface area contributed by atoms with Crippen LogP contribution >= 0.6 is 0 Å². The van der Waals surface area contributed by atoms with Crippen LogP contribution < -0.4 is 9.47 Å². The van der Waals surface area contributed by atoms with Crippen molar-refractivity contribution in [1.82, 2.24) is 0 Å². The number of hydrogen-bond acceptors (Lipinski definition) is 4. The van der Waals surface area contributed by atoms with Crippen LogP contribution in [0.25, 0.3) is 11.1 Å². The van der Waals surface area contributed by atoms with Gasteiger partial charge in [0, 0.05) is 20.0 Å². The Morgan fingerprint density at radius 2 is 1.34 bits per heavy atom. The van der Waals surface area contributed by atoms with Crippen LogP contribution in [-0.4, -0.2) is 31.2 Å². The molecule has 0 spiro atoms. The van der Waals surface area contributed by atoms with E-state index in [0.29, 0.717) is 6.42 Å². The van der Waals surface area contributed by atoms with Gasteiger partial charge in [-0.05, 0) is 60.7 Å². The van der Waals surface area contributed by atoms with Gasteiger partial charge in [-0.25, -0.2) is 0 Å². The largest absolute Gasteiger partial charge is 0.490 e. The van der Waals surface area contributed by atoms with Crippen LogP contribution in [0.3, 0.4) is 0 Å². The van der Waals surface area contributed by atoms with Crippen LogP contribution in [0.4, 0.5) is 0 Å². The van der Waals surface area contributed by atoms with Crippen molar-refractivity contribution >= 4 is 5.78 Å². The maximum Gasteiger partial charge on any atom is 0.158 e. The Balaban J connectivity index is 1.27. The number of carbonyl (C=O) groups is 1. The van der Waals surface area contributed by atoms with E-state index in [1.165, 1.54) is 11.1 Å². The third kappa shape index (κ3) is 5.77. The number of ketones is 1. The highest BCUT2D eigenvalue weighted by Gasteiger charge is 2.27. The molecule has 4 rings (SSSR count). The molecule has 0 aliphatic heterocycles. The normalized spacial score (nSPS) is 18.8. The van der Waals surface area contributed by atoms with Gasteiger partial charge in [-0.3, -0.25) is 4.79 Å². The standard InChI is InChI=1S/C28H30O4/c1-20(29)28(30-2)18-21-8-12-24(13-9-21)31-26-16-17-27(19-26)32-25-14-10-23(11-15-25)22-6-4-3-5-7-22/h3-15,26-28H,16-19H2,1-2H3/t26-,27-,28-/m0/s1. The smallest absolute Gasteiger partial charge is 0.158 e. The number of benzene rings is 3. The minimum atomic E-state index is -0.392. The first-order valence-electron chi connectivity index (χ1n) is 11.2. The zero-order valence-corrected chi connectivity index (χ0v) is 18.7. The maximum atomic E-state index is 11.6. The Bertz CT molecular complexity index is 996. The van der Waals surface area contributed by atoms with Crippen molar-refractivity contribution in [3.8, 4) is 22.6 Å². The molecule has 0 amide bonds. The van der Waals surface area contributed by atoms with E-state index < -0.39 is 6.10 Å². The first kappa shape index (κ1) is 22.1. The molecule has 3 aromatic rings. The Kier molecular flexibility index (Phi) is 7.23. The SMILES string of the molecule is CO[C@@H](Cc1ccc(O[C@H]2CC[C@H](Oc3ccc(-c4ccccc4)cc3)C2)cc1)C(C)=O. The monoisotopic (exact) mass is 430 g/mol. The summed E-state index contributed by atoms with van der Waals surface area (Å²) in [5.74, 6) is 1.79. The predicted octanol–water partition coefficient (Wildman–Crippen LogP) is 5.88. The Morgan fingerprint density at radius 3 is 1.88 bits per heavy atom. The van der Waals surface area contributed by atoms with Crippen molar-refractivity contribution in [1.29, 1.82) is 0 Å². The molecule has 3 aromatic carbocycles. The average Bonchev–Trinajstić information content (AvgIpc) is 3.26. The van der Waals surface area contributed by atoms with Gasteiger partial charge < -0.3 is 14.2 Å². The second-order valence-electron chi connectivity index (χ2n) is 8.37. The lowest BCUT2D eigenvalue weighted by molar-refractivity contribution is -0.126. The third-order valence-electron chi connectivity index (χ3n) is 5.99. The quantitative estimate of drug-likeness (QED) is 0.425. The van der Waals surface area contributed by atoms with E-state index in [-0.39, 0.29) is 18.0 Å². The molecule has 1 aliphatic carbocycles. The highest BCUT2D eigenvalue weighted by atomic mass is 16.5. The molecule has 0 unspecified atom stereocenters. The van der Waals surface area contributed by atoms with Gasteiger partial charge in [-0.1, -0.05) is 54.6 Å². The number of hydrogen-bond donors (Lipinski definition) is 0. The predicted molar refractivity (Wildman–Crippen MR) is 126 cm³/mol. The summed E-state index contributed by atoms with van der Waals surface area (Å²) in [7, 11) is 1.57. The van der Waals surface area contributed by atoms with Crippen molar-refractivity contribution in [2.24, 2.45) is 0 Å². The molecule has 0 heterocycles. The lowest BCUT2D eigenvalue weighted by Gasteiger charge is -2.16. The third-order valence-corrected chi connectivity index (χ3v) is 5.99. The summed E-state index contributed by atoms with van der Waals surface area (Å²) >= 11 is 0. The van der Waals surface area contributed by atoms with E-state index in [2.05, 4.69) is 36.4 Å².